The first-order chi connectivity index (χ1) is 7.84. The lowest BCUT2D eigenvalue weighted by Gasteiger charge is -2.32. The second-order valence-corrected chi connectivity index (χ2v) is 7.07. The van der Waals surface area contributed by atoms with Crippen molar-refractivity contribution < 1.29 is 13.2 Å². The van der Waals surface area contributed by atoms with Crippen molar-refractivity contribution in [1.29, 1.82) is 0 Å². The number of piperidine rings is 1. The molecular formula is C12H23NO3S. The van der Waals surface area contributed by atoms with Crippen LogP contribution in [0.4, 0.5) is 0 Å². The normalized spacial score (nSPS) is 24.5. The van der Waals surface area contributed by atoms with Crippen molar-refractivity contribution in [3.8, 4) is 0 Å². The highest BCUT2D eigenvalue weighted by Gasteiger charge is 2.27. The molecule has 0 amide bonds. The lowest BCUT2D eigenvalue weighted by atomic mass is 9.87. The van der Waals surface area contributed by atoms with E-state index in [1.54, 1.807) is 4.31 Å². The molecule has 0 spiro atoms. The Hall–Kier alpha value is -0.420. The molecule has 0 aromatic heterocycles. The van der Waals surface area contributed by atoms with E-state index in [1.165, 1.54) is 6.26 Å². The Labute approximate surface area is 104 Å². The molecule has 1 heterocycles. The summed E-state index contributed by atoms with van der Waals surface area (Å²) in [6.07, 6.45) is 4.59. The fourth-order valence-electron chi connectivity index (χ4n) is 2.50. The highest BCUT2D eigenvalue weighted by Crippen LogP contribution is 2.25. The van der Waals surface area contributed by atoms with Crippen molar-refractivity contribution in [3.05, 3.63) is 0 Å². The molecule has 1 aliphatic heterocycles. The molecule has 0 aromatic rings. The van der Waals surface area contributed by atoms with Gasteiger partial charge in [-0.1, -0.05) is 13.8 Å². The third kappa shape index (κ3) is 4.39. The van der Waals surface area contributed by atoms with Gasteiger partial charge in [-0.05, 0) is 25.2 Å². The molecule has 1 aliphatic rings. The summed E-state index contributed by atoms with van der Waals surface area (Å²) in [4.78, 5) is 11.5. The minimum absolute atomic E-state index is 0.0597. The molecule has 1 saturated heterocycles. The molecule has 2 atom stereocenters. The quantitative estimate of drug-likeness (QED) is 0.756. The van der Waals surface area contributed by atoms with Crippen molar-refractivity contribution in [3.63, 3.8) is 0 Å². The second-order valence-electron chi connectivity index (χ2n) is 5.09. The molecule has 0 aliphatic carbocycles. The first-order valence-corrected chi connectivity index (χ1v) is 8.17. The summed E-state index contributed by atoms with van der Waals surface area (Å²) in [5, 5.41) is 0. The Bertz CT molecular complexity index is 364. The summed E-state index contributed by atoms with van der Waals surface area (Å²) >= 11 is 0. The van der Waals surface area contributed by atoms with Crippen molar-refractivity contribution in [2.24, 2.45) is 11.8 Å². The Morgan fingerprint density at radius 2 is 2.12 bits per heavy atom. The first-order valence-electron chi connectivity index (χ1n) is 6.32. The minimum Gasteiger partial charge on any atom is -0.299 e. The maximum atomic E-state index is 11.5. The number of nitrogens with zero attached hydrogens (tertiary/aromatic N) is 1. The van der Waals surface area contributed by atoms with E-state index in [9.17, 15) is 13.2 Å². The van der Waals surface area contributed by atoms with Gasteiger partial charge in [0.25, 0.3) is 0 Å². The summed E-state index contributed by atoms with van der Waals surface area (Å²) in [6.45, 7) is 5.04. The number of ketones is 1. The van der Waals surface area contributed by atoms with Gasteiger partial charge in [0.05, 0.1) is 6.26 Å². The highest BCUT2D eigenvalue weighted by atomic mass is 32.2. The van der Waals surface area contributed by atoms with Crippen LogP contribution in [0, 0.1) is 11.8 Å². The lowest BCUT2D eigenvalue weighted by molar-refractivity contribution is -0.122. The maximum absolute atomic E-state index is 11.5. The van der Waals surface area contributed by atoms with E-state index in [0.29, 0.717) is 25.4 Å². The smallest absolute Gasteiger partial charge is 0.211 e. The highest BCUT2D eigenvalue weighted by molar-refractivity contribution is 7.88. The molecule has 1 fully saturated rings. The van der Waals surface area contributed by atoms with Gasteiger partial charge in [-0.3, -0.25) is 4.79 Å². The van der Waals surface area contributed by atoms with Crippen LogP contribution < -0.4 is 0 Å². The zero-order valence-electron chi connectivity index (χ0n) is 11.0. The van der Waals surface area contributed by atoms with Gasteiger partial charge in [-0.2, -0.15) is 0 Å². The summed E-state index contributed by atoms with van der Waals surface area (Å²) in [7, 11) is -3.07. The van der Waals surface area contributed by atoms with Gasteiger partial charge in [-0.25, -0.2) is 12.7 Å². The Morgan fingerprint density at radius 3 is 2.65 bits per heavy atom. The van der Waals surface area contributed by atoms with Crippen molar-refractivity contribution in [2.75, 3.05) is 19.3 Å². The monoisotopic (exact) mass is 261 g/mol. The third-order valence-corrected chi connectivity index (χ3v) is 4.81. The number of Topliss-reactive ketones (excluding diaryl/α,β-unsaturated/α-hetero) is 1. The van der Waals surface area contributed by atoms with Crippen LogP contribution in [0.1, 0.15) is 39.5 Å². The lowest BCUT2D eigenvalue weighted by Crippen LogP contribution is -2.40. The molecule has 17 heavy (non-hydrogen) atoms. The Balaban J connectivity index is 2.53. The first kappa shape index (κ1) is 14.6. The van der Waals surface area contributed by atoms with Crippen LogP contribution in [0.15, 0.2) is 0 Å². The second kappa shape index (κ2) is 5.96. The van der Waals surface area contributed by atoms with E-state index in [1.807, 2.05) is 13.8 Å². The Kier molecular flexibility index (Phi) is 5.13. The van der Waals surface area contributed by atoms with Crippen LogP contribution in [0.2, 0.25) is 0 Å². The zero-order valence-corrected chi connectivity index (χ0v) is 11.8. The fraction of sp³-hybridized carbons (Fsp3) is 0.917. The number of sulfonamides is 1. The fourth-order valence-corrected chi connectivity index (χ4v) is 3.44. The third-order valence-electron chi connectivity index (χ3n) is 3.54. The van der Waals surface area contributed by atoms with Crippen LogP contribution in [0.5, 0.6) is 0 Å². The number of carbonyl (C=O) groups excluding carboxylic acids is 1. The molecule has 0 radical (unpaired) electrons. The van der Waals surface area contributed by atoms with Crippen LogP contribution in [-0.2, 0) is 14.8 Å². The summed E-state index contributed by atoms with van der Waals surface area (Å²) in [5.41, 5.74) is 0. The van der Waals surface area contributed by atoms with Crippen LogP contribution in [0.3, 0.4) is 0 Å². The van der Waals surface area contributed by atoms with Gasteiger partial charge in [0.15, 0.2) is 0 Å². The van der Waals surface area contributed by atoms with Crippen molar-refractivity contribution in [1.82, 2.24) is 4.31 Å². The standard InChI is InChI=1S/C12H23NO3S/c1-4-12(14)10(2)8-11-6-5-7-13(9-11)17(3,15)16/h10-11H,4-9H2,1-3H3. The van der Waals surface area contributed by atoms with Crippen LogP contribution in [0.25, 0.3) is 0 Å². The van der Waals surface area contributed by atoms with E-state index in [4.69, 9.17) is 0 Å². The summed E-state index contributed by atoms with van der Waals surface area (Å²) < 4.78 is 24.5. The predicted octanol–water partition coefficient (Wildman–Crippen LogP) is 1.66. The van der Waals surface area contributed by atoms with Gasteiger partial charge in [-0.15, -0.1) is 0 Å². The SMILES string of the molecule is CCC(=O)C(C)CC1CCCN(S(C)(=O)=O)C1. The molecule has 1 rings (SSSR count). The average molecular weight is 261 g/mol. The largest absolute Gasteiger partial charge is 0.299 e. The molecule has 0 saturated carbocycles. The van der Waals surface area contributed by atoms with Crippen LogP contribution >= 0.6 is 0 Å². The van der Waals surface area contributed by atoms with E-state index < -0.39 is 10.0 Å². The molecular weight excluding hydrogens is 238 g/mol. The predicted molar refractivity (Wildman–Crippen MR) is 68.2 cm³/mol. The molecule has 5 heteroatoms. The molecule has 0 aromatic carbocycles. The molecule has 4 nitrogen and oxygen atoms in total. The van der Waals surface area contributed by atoms with E-state index >= 15 is 0 Å². The number of carbonyl (C=O) groups is 1. The van der Waals surface area contributed by atoms with Gasteiger partial charge in [0.2, 0.25) is 10.0 Å². The van der Waals surface area contributed by atoms with E-state index in [0.717, 1.165) is 19.3 Å². The topological polar surface area (TPSA) is 54.5 Å². The van der Waals surface area contributed by atoms with E-state index in [-0.39, 0.29) is 11.7 Å². The van der Waals surface area contributed by atoms with E-state index in [2.05, 4.69) is 0 Å². The van der Waals surface area contributed by atoms with Crippen molar-refractivity contribution in [2.45, 2.75) is 39.5 Å². The molecule has 0 N–H and O–H groups in total. The number of hydrogen-bond acceptors (Lipinski definition) is 3. The Morgan fingerprint density at radius 1 is 1.47 bits per heavy atom. The van der Waals surface area contributed by atoms with Gasteiger partial charge in [0, 0.05) is 25.4 Å². The number of rotatable bonds is 5. The zero-order chi connectivity index (χ0) is 13.1. The van der Waals surface area contributed by atoms with Crippen LogP contribution in [-0.4, -0.2) is 37.9 Å². The summed E-state index contributed by atoms with van der Waals surface area (Å²) in [5.74, 6) is 0.676. The molecule has 100 valence electrons. The van der Waals surface area contributed by atoms with Gasteiger partial charge in [0.1, 0.15) is 5.78 Å². The maximum Gasteiger partial charge on any atom is 0.211 e. The van der Waals surface area contributed by atoms with Gasteiger partial charge < -0.3 is 0 Å². The molecule has 2 unspecified atom stereocenters. The van der Waals surface area contributed by atoms with Crippen molar-refractivity contribution >= 4 is 15.8 Å². The van der Waals surface area contributed by atoms with Gasteiger partial charge >= 0.3 is 0 Å². The minimum atomic E-state index is -3.07. The summed E-state index contributed by atoms with van der Waals surface area (Å²) in [6, 6.07) is 0. The average Bonchev–Trinajstić information content (AvgIpc) is 2.27. The molecule has 0 bridgehead atoms. The number of hydrogen-bond donors (Lipinski definition) is 0.